The largest absolute Gasteiger partial charge is 0.498 e. The van der Waals surface area contributed by atoms with Crippen LogP contribution in [-0.4, -0.2) is 66.2 Å². The van der Waals surface area contributed by atoms with Crippen molar-refractivity contribution in [2.75, 3.05) is 37.7 Å². The summed E-state index contributed by atoms with van der Waals surface area (Å²) < 4.78 is 12.1. The van der Waals surface area contributed by atoms with Gasteiger partial charge in [-0.25, -0.2) is 9.97 Å². The number of aliphatic hydroxyl groups is 1. The predicted octanol–water partition coefficient (Wildman–Crippen LogP) is 0.184. The number of nitrogens with one attached hydrogen (secondary N) is 1. The molecule has 2 aliphatic rings. The molecule has 1 atom stereocenters. The fraction of sp³-hybridized carbons (Fsp3) is 0.765. The van der Waals surface area contributed by atoms with Gasteiger partial charge in [-0.15, -0.1) is 0 Å². The molecule has 0 amide bonds. The van der Waals surface area contributed by atoms with Crippen LogP contribution in [0.15, 0.2) is 12.4 Å². The fourth-order valence-corrected chi connectivity index (χ4v) is 3.16. The summed E-state index contributed by atoms with van der Waals surface area (Å²) in [5.74, 6) is 1.32. The smallest absolute Gasteiger partial charge is 0.399 e. The second-order valence-corrected chi connectivity index (χ2v) is 7.93. The van der Waals surface area contributed by atoms with Gasteiger partial charge in [0.1, 0.15) is 0 Å². The van der Waals surface area contributed by atoms with E-state index >= 15 is 0 Å². The standard InChI is InChI=1S/C17H29BN4O3/c1-16(2)17(3,4)25-18(24-16)14-10-20-15(21-11-14)22-7-5-13(12-22)9-19-6-8-23/h10-11,13,19,23H,5-9,12H2,1-4H3/t13-/m1/s1. The monoisotopic (exact) mass is 348 g/mol. The number of nitrogens with zero attached hydrogens (tertiary/aromatic N) is 3. The molecular weight excluding hydrogens is 319 g/mol. The van der Waals surface area contributed by atoms with E-state index < -0.39 is 7.12 Å². The number of aliphatic hydroxyl groups excluding tert-OH is 1. The molecule has 0 spiro atoms. The van der Waals surface area contributed by atoms with Crippen molar-refractivity contribution < 1.29 is 14.4 Å². The molecule has 1 aromatic heterocycles. The second-order valence-electron chi connectivity index (χ2n) is 7.93. The molecular formula is C17H29BN4O3. The lowest BCUT2D eigenvalue weighted by molar-refractivity contribution is 0.00578. The summed E-state index contributed by atoms with van der Waals surface area (Å²) in [6.45, 7) is 11.8. The van der Waals surface area contributed by atoms with E-state index in [1.165, 1.54) is 0 Å². The third kappa shape index (κ3) is 3.97. The normalized spacial score (nSPS) is 24.9. The molecule has 1 aromatic rings. The molecule has 0 unspecified atom stereocenters. The van der Waals surface area contributed by atoms with Crippen LogP contribution in [0.3, 0.4) is 0 Å². The van der Waals surface area contributed by atoms with Crippen LogP contribution in [0.2, 0.25) is 0 Å². The molecule has 2 saturated heterocycles. The van der Waals surface area contributed by atoms with Gasteiger partial charge in [-0.1, -0.05) is 0 Å². The van der Waals surface area contributed by atoms with E-state index in [0.717, 1.165) is 37.5 Å². The average molecular weight is 348 g/mol. The maximum Gasteiger partial charge on any atom is 0.498 e. The van der Waals surface area contributed by atoms with Gasteiger partial charge in [0.15, 0.2) is 0 Å². The Bertz CT molecular complexity index is 566. The molecule has 138 valence electrons. The highest BCUT2D eigenvalue weighted by Crippen LogP contribution is 2.36. The number of hydrogen-bond donors (Lipinski definition) is 2. The van der Waals surface area contributed by atoms with Gasteiger partial charge in [0.25, 0.3) is 0 Å². The SMILES string of the molecule is CC1(C)OB(c2cnc(N3CC[C@H](CNCCO)C3)nc2)OC1(C)C. The maximum absolute atomic E-state index is 8.84. The average Bonchev–Trinajstić information content (AvgIpc) is 3.10. The van der Waals surface area contributed by atoms with Crippen molar-refractivity contribution in [2.24, 2.45) is 5.92 Å². The quantitative estimate of drug-likeness (QED) is 0.561. The minimum atomic E-state index is -0.423. The highest BCUT2D eigenvalue weighted by Gasteiger charge is 2.52. The fourth-order valence-electron chi connectivity index (χ4n) is 3.16. The van der Waals surface area contributed by atoms with Gasteiger partial charge in [-0.2, -0.15) is 0 Å². The van der Waals surface area contributed by atoms with Crippen LogP contribution in [-0.2, 0) is 9.31 Å². The van der Waals surface area contributed by atoms with E-state index in [0.29, 0.717) is 12.5 Å². The maximum atomic E-state index is 8.84. The Morgan fingerprint density at radius 2 is 1.88 bits per heavy atom. The molecule has 25 heavy (non-hydrogen) atoms. The molecule has 2 fully saturated rings. The lowest BCUT2D eigenvalue weighted by Gasteiger charge is -2.32. The minimum absolute atomic E-state index is 0.180. The molecule has 3 heterocycles. The Kier molecular flexibility index (Phi) is 5.34. The van der Waals surface area contributed by atoms with E-state index in [9.17, 15) is 0 Å². The van der Waals surface area contributed by atoms with Gasteiger partial charge in [-0.05, 0) is 46.6 Å². The third-order valence-electron chi connectivity index (χ3n) is 5.47. The molecule has 0 aliphatic carbocycles. The van der Waals surface area contributed by atoms with Crippen molar-refractivity contribution >= 4 is 18.5 Å². The molecule has 2 N–H and O–H groups in total. The molecule has 7 nitrogen and oxygen atoms in total. The number of rotatable bonds is 6. The van der Waals surface area contributed by atoms with Crippen LogP contribution in [0.25, 0.3) is 0 Å². The predicted molar refractivity (Wildman–Crippen MR) is 98.0 cm³/mol. The molecule has 0 radical (unpaired) electrons. The van der Waals surface area contributed by atoms with Crippen molar-refractivity contribution in [3.8, 4) is 0 Å². The molecule has 0 bridgehead atoms. The Balaban J connectivity index is 1.58. The highest BCUT2D eigenvalue weighted by molar-refractivity contribution is 6.61. The summed E-state index contributed by atoms with van der Waals surface area (Å²) in [6.07, 6.45) is 4.73. The first-order chi connectivity index (χ1) is 11.8. The van der Waals surface area contributed by atoms with Gasteiger partial charge in [0.2, 0.25) is 5.95 Å². The van der Waals surface area contributed by atoms with E-state index in [2.05, 4.69) is 20.2 Å². The third-order valence-corrected chi connectivity index (χ3v) is 5.47. The number of aromatic nitrogens is 2. The van der Waals surface area contributed by atoms with Gasteiger partial charge in [0.05, 0.1) is 17.8 Å². The zero-order chi connectivity index (χ0) is 18.1. The van der Waals surface area contributed by atoms with Crippen LogP contribution in [0.5, 0.6) is 0 Å². The first kappa shape index (κ1) is 18.6. The molecule has 3 rings (SSSR count). The van der Waals surface area contributed by atoms with Gasteiger partial charge >= 0.3 is 7.12 Å². The van der Waals surface area contributed by atoms with Crippen molar-refractivity contribution in [1.82, 2.24) is 15.3 Å². The Labute approximate surface area is 150 Å². The molecule has 2 aliphatic heterocycles. The Morgan fingerprint density at radius 1 is 1.24 bits per heavy atom. The van der Waals surface area contributed by atoms with Gasteiger partial charge in [-0.3, -0.25) is 0 Å². The summed E-state index contributed by atoms with van der Waals surface area (Å²) in [4.78, 5) is 11.3. The van der Waals surface area contributed by atoms with Crippen LogP contribution < -0.4 is 15.7 Å². The van der Waals surface area contributed by atoms with Crippen molar-refractivity contribution in [3.05, 3.63) is 12.4 Å². The summed E-state index contributed by atoms with van der Waals surface area (Å²) in [5, 5.41) is 12.1. The first-order valence-corrected chi connectivity index (χ1v) is 9.06. The minimum Gasteiger partial charge on any atom is -0.399 e. The number of hydrogen-bond acceptors (Lipinski definition) is 7. The van der Waals surface area contributed by atoms with E-state index in [1.54, 1.807) is 0 Å². The summed E-state index contributed by atoms with van der Waals surface area (Å²) in [5.41, 5.74) is 0.128. The Morgan fingerprint density at radius 3 is 2.48 bits per heavy atom. The first-order valence-electron chi connectivity index (χ1n) is 9.06. The van der Waals surface area contributed by atoms with Crippen LogP contribution in [0.4, 0.5) is 5.95 Å². The van der Waals surface area contributed by atoms with Crippen LogP contribution >= 0.6 is 0 Å². The van der Waals surface area contributed by atoms with Crippen molar-refractivity contribution in [3.63, 3.8) is 0 Å². The van der Waals surface area contributed by atoms with E-state index in [-0.39, 0.29) is 17.8 Å². The second kappa shape index (κ2) is 7.19. The summed E-state index contributed by atoms with van der Waals surface area (Å²) >= 11 is 0. The van der Waals surface area contributed by atoms with E-state index in [4.69, 9.17) is 14.4 Å². The topological polar surface area (TPSA) is 79.7 Å². The van der Waals surface area contributed by atoms with Crippen LogP contribution in [0.1, 0.15) is 34.1 Å². The van der Waals surface area contributed by atoms with Gasteiger partial charge < -0.3 is 24.6 Å². The summed E-state index contributed by atoms with van der Waals surface area (Å²) in [6, 6.07) is 0. The van der Waals surface area contributed by atoms with E-state index in [1.807, 2.05) is 40.1 Å². The lowest BCUT2D eigenvalue weighted by atomic mass is 9.81. The van der Waals surface area contributed by atoms with Crippen molar-refractivity contribution in [1.29, 1.82) is 0 Å². The summed E-state index contributed by atoms with van der Waals surface area (Å²) in [7, 11) is -0.423. The molecule has 8 heteroatoms. The van der Waals surface area contributed by atoms with Gasteiger partial charge in [0, 0.05) is 37.5 Å². The number of anilines is 1. The Hall–Kier alpha value is -1.22. The molecule has 0 saturated carbocycles. The zero-order valence-corrected chi connectivity index (χ0v) is 15.7. The van der Waals surface area contributed by atoms with Crippen LogP contribution in [0, 0.1) is 5.92 Å². The zero-order valence-electron chi connectivity index (χ0n) is 15.7. The highest BCUT2D eigenvalue weighted by atomic mass is 16.7. The van der Waals surface area contributed by atoms with Crippen molar-refractivity contribution in [2.45, 2.75) is 45.3 Å². The molecule has 0 aromatic carbocycles. The lowest BCUT2D eigenvalue weighted by Crippen LogP contribution is -2.41.